The number of ether oxygens (including phenoxy) is 2. The van der Waals surface area contributed by atoms with Gasteiger partial charge in [0.15, 0.2) is 0 Å². The van der Waals surface area contributed by atoms with Crippen LogP contribution in [0.2, 0.25) is 0 Å². The normalized spacial score (nSPS) is 9.88. The van der Waals surface area contributed by atoms with E-state index in [1.807, 2.05) is 0 Å². The van der Waals surface area contributed by atoms with Crippen LogP contribution in [0.1, 0.15) is 22.8 Å². The fourth-order valence-electron chi connectivity index (χ4n) is 1.22. The Morgan fingerprint density at radius 3 is 2.53 bits per heavy atom. The third-order valence-electron chi connectivity index (χ3n) is 1.95. The first-order valence-corrected chi connectivity index (χ1v) is 5.76. The molecule has 0 aromatic heterocycles. The first-order chi connectivity index (χ1) is 7.99. The van der Waals surface area contributed by atoms with Crippen molar-refractivity contribution < 1.29 is 23.5 Å². The van der Waals surface area contributed by atoms with Crippen LogP contribution in [0.5, 0.6) is 5.75 Å². The minimum absolute atomic E-state index is 0.135. The monoisotopic (exact) mass is 304 g/mol. The smallest absolute Gasteiger partial charge is 0.340 e. The van der Waals surface area contributed by atoms with Gasteiger partial charge >= 0.3 is 11.9 Å². The van der Waals surface area contributed by atoms with Crippen LogP contribution in [-0.2, 0) is 14.9 Å². The van der Waals surface area contributed by atoms with Gasteiger partial charge in [0.2, 0.25) is 0 Å². The predicted molar refractivity (Wildman–Crippen MR) is 61.7 cm³/mol. The zero-order valence-electron chi connectivity index (χ0n) is 9.25. The van der Waals surface area contributed by atoms with Crippen LogP contribution in [0.3, 0.4) is 0 Å². The number of rotatable bonds is 3. The van der Waals surface area contributed by atoms with Crippen molar-refractivity contribution in [3.05, 3.63) is 29.1 Å². The molecule has 1 rings (SSSR count). The Bertz CT molecular complexity index is 459. The van der Waals surface area contributed by atoms with Gasteiger partial charge < -0.3 is 9.47 Å². The Morgan fingerprint density at radius 1 is 1.41 bits per heavy atom. The van der Waals surface area contributed by atoms with E-state index in [0.29, 0.717) is 10.9 Å². The fraction of sp³-hybridized carbons (Fsp3) is 0.273. The number of halogens is 2. The van der Waals surface area contributed by atoms with Gasteiger partial charge in [-0.2, -0.15) is 0 Å². The largest absolute Gasteiger partial charge is 0.465 e. The molecule has 6 heteroatoms. The number of carbonyl (C=O) groups excluding carboxylic acids is 2. The van der Waals surface area contributed by atoms with Crippen molar-refractivity contribution in [3.63, 3.8) is 0 Å². The van der Waals surface area contributed by atoms with Crippen molar-refractivity contribution in [2.75, 3.05) is 7.11 Å². The minimum atomic E-state index is -0.822. The highest BCUT2D eigenvalue weighted by molar-refractivity contribution is 9.08. The van der Waals surface area contributed by atoms with Gasteiger partial charge in [-0.05, 0) is 12.1 Å². The van der Waals surface area contributed by atoms with Crippen molar-refractivity contribution in [2.24, 2.45) is 0 Å². The summed E-state index contributed by atoms with van der Waals surface area (Å²) < 4.78 is 22.8. The maximum atomic E-state index is 13.5. The van der Waals surface area contributed by atoms with Gasteiger partial charge in [-0.3, -0.25) is 4.79 Å². The summed E-state index contributed by atoms with van der Waals surface area (Å²) >= 11 is 3.14. The van der Waals surface area contributed by atoms with Gasteiger partial charge in [0.1, 0.15) is 11.6 Å². The third-order valence-corrected chi connectivity index (χ3v) is 2.56. The zero-order chi connectivity index (χ0) is 13.0. The van der Waals surface area contributed by atoms with E-state index in [4.69, 9.17) is 4.74 Å². The highest BCUT2D eigenvalue weighted by Crippen LogP contribution is 2.26. The second-order valence-electron chi connectivity index (χ2n) is 3.16. The lowest BCUT2D eigenvalue weighted by atomic mass is 10.1. The molecular weight excluding hydrogens is 295 g/mol. The molecule has 1 aromatic carbocycles. The molecule has 0 heterocycles. The van der Waals surface area contributed by atoms with Gasteiger partial charge in [-0.1, -0.05) is 15.9 Å². The Balaban J connectivity index is 3.26. The average Bonchev–Trinajstić information content (AvgIpc) is 2.29. The number of hydrogen-bond acceptors (Lipinski definition) is 4. The molecule has 0 N–H and O–H groups in total. The van der Waals surface area contributed by atoms with Crippen LogP contribution in [-0.4, -0.2) is 19.0 Å². The molecule has 0 aliphatic rings. The molecule has 0 radical (unpaired) electrons. The molecule has 0 amide bonds. The molecule has 4 nitrogen and oxygen atoms in total. The minimum Gasteiger partial charge on any atom is -0.465 e. The molecule has 0 fully saturated rings. The summed E-state index contributed by atoms with van der Waals surface area (Å²) in [6.07, 6.45) is 0. The van der Waals surface area contributed by atoms with E-state index < -0.39 is 17.8 Å². The topological polar surface area (TPSA) is 52.6 Å². The molecule has 0 aliphatic heterocycles. The second kappa shape index (κ2) is 5.77. The number of carbonyl (C=O) groups is 2. The highest BCUT2D eigenvalue weighted by atomic mass is 79.9. The van der Waals surface area contributed by atoms with Crippen LogP contribution in [0.4, 0.5) is 4.39 Å². The van der Waals surface area contributed by atoms with Crippen LogP contribution in [0.15, 0.2) is 12.1 Å². The molecular formula is C11H10BrFO4. The molecule has 0 atom stereocenters. The van der Waals surface area contributed by atoms with Crippen LogP contribution in [0.25, 0.3) is 0 Å². The van der Waals surface area contributed by atoms with E-state index in [1.165, 1.54) is 6.92 Å². The van der Waals surface area contributed by atoms with E-state index in [0.717, 1.165) is 19.2 Å². The zero-order valence-corrected chi connectivity index (χ0v) is 10.8. The molecule has 0 saturated heterocycles. The van der Waals surface area contributed by atoms with E-state index in [-0.39, 0.29) is 11.3 Å². The molecule has 0 spiro atoms. The number of alkyl halides is 1. The number of hydrogen-bond donors (Lipinski definition) is 0. The van der Waals surface area contributed by atoms with Crippen LogP contribution in [0, 0.1) is 5.82 Å². The van der Waals surface area contributed by atoms with E-state index in [9.17, 15) is 14.0 Å². The number of methoxy groups -OCH3 is 1. The molecule has 17 heavy (non-hydrogen) atoms. The van der Waals surface area contributed by atoms with Crippen molar-refractivity contribution in [1.82, 2.24) is 0 Å². The van der Waals surface area contributed by atoms with Crippen LogP contribution < -0.4 is 4.74 Å². The maximum absolute atomic E-state index is 13.5. The Morgan fingerprint density at radius 2 is 2.06 bits per heavy atom. The first-order valence-electron chi connectivity index (χ1n) is 4.64. The number of benzene rings is 1. The molecule has 0 bridgehead atoms. The van der Waals surface area contributed by atoms with Crippen molar-refractivity contribution in [1.29, 1.82) is 0 Å². The van der Waals surface area contributed by atoms with Crippen molar-refractivity contribution in [2.45, 2.75) is 12.3 Å². The average molecular weight is 305 g/mol. The Kier molecular flexibility index (Phi) is 4.62. The van der Waals surface area contributed by atoms with Gasteiger partial charge in [-0.15, -0.1) is 0 Å². The first kappa shape index (κ1) is 13.6. The van der Waals surface area contributed by atoms with Crippen molar-refractivity contribution in [3.8, 4) is 5.75 Å². The molecule has 0 aliphatic carbocycles. The summed E-state index contributed by atoms with van der Waals surface area (Å²) in [5, 5.41) is 0.300. The molecule has 0 saturated carbocycles. The summed E-state index contributed by atoms with van der Waals surface area (Å²) in [6.45, 7) is 1.22. The predicted octanol–water partition coefficient (Wildman–Crippen LogP) is 2.43. The lowest BCUT2D eigenvalue weighted by molar-refractivity contribution is -0.131. The summed E-state index contributed by atoms with van der Waals surface area (Å²) in [6, 6.07) is 2.28. The van der Waals surface area contributed by atoms with Gasteiger partial charge in [0.25, 0.3) is 0 Å². The van der Waals surface area contributed by atoms with Crippen LogP contribution >= 0.6 is 15.9 Å². The summed E-state index contributed by atoms with van der Waals surface area (Å²) in [4.78, 5) is 22.1. The summed E-state index contributed by atoms with van der Waals surface area (Å²) in [5.74, 6) is -1.95. The highest BCUT2D eigenvalue weighted by Gasteiger charge is 2.17. The SMILES string of the molecule is COC(=O)c1cc(OC(C)=O)c(CBr)cc1F. The number of esters is 2. The fourth-order valence-corrected chi connectivity index (χ4v) is 1.65. The summed E-state index contributed by atoms with van der Waals surface area (Å²) in [7, 11) is 1.14. The quantitative estimate of drug-likeness (QED) is 0.489. The van der Waals surface area contributed by atoms with Gasteiger partial charge in [0.05, 0.1) is 12.7 Å². The standard InChI is InChI=1S/C11H10BrFO4/c1-6(14)17-10-4-8(11(15)16-2)9(13)3-7(10)5-12/h3-4H,5H2,1-2H3. The lowest BCUT2D eigenvalue weighted by Crippen LogP contribution is -2.09. The molecule has 0 unspecified atom stereocenters. The summed E-state index contributed by atoms with van der Waals surface area (Å²) in [5.41, 5.74) is 0.166. The Hall–Kier alpha value is -1.43. The maximum Gasteiger partial charge on any atom is 0.340 e. The molecule has 92 valence electrons. The second-order valence-corrected chi connectivity index (χ2v) is 3.72. The van der Waals surface area contributed by atoms with E-state index >= 15 is 0 Å². The third kappa shape index (κ3) is 3.26. The van der Waals surface area contributed by atoms with Gasteiger partial charge in [0, 0.05) is 17.8 Å². The lowest BCUT2D eigenvalue weighted by Gasteiger charge is -2.09. The Labute approximate surface area is 106 Å². The van der Waals surface area contributed by atoms with E-state index in [2.05, 4.69) is 20.7 Å². The molecule has 1 aromatic rings. The van der Waals surface area contributed by atoms with Crippen molar-refractivity contribution >= 4 is 27.9 Å². The van der Waals surface area contributed by atoms with E-state index in [1.54, 1.807) is 0 Å². The van der Waals surface area contributed by atoms with Gasteiger partial charge in [-0.25, -0.2) is 9.18 Å².